The Bertz CT molecular complexity index is 404. The Balaban J connectivity index is 2.58. The van der Waals surface area contributed by atoms with Gasteiger partial charge in [0.2, 0.25) is 0 Å². The van der Waals surface area contributed by atoms with Crippen molar-refractivity contribution in [3.63, 3.8) is 0 Å². The molecule has 0 spiro atoms. The number of rotatable bonds is 6. The normalized spacial score (nSPS) is 10.5. The third-order valence-corrected chi connectivity index (χ3v) is 2.38. The van der Waals surface area contributed by atoms with Crippen molar-refractivity contribution in [3.05, 3.63) is 28.8 Å². The van der Waals surface area contributed by atoms with Crippen LogP contribution in [0.25, 0.3) is 0 Å². The van der Waals surface area contributed by atoms with Gasteiger partial charge in [0.25, 0.3) is 0 Å². The summed E-state index contributed by atoms with van der Waals surface area (Å²) in [5.74, 6) is -0.0316. The number of ether oxygens (including phenoxy) is 3. The third kappa shape index (κ3) is 4.55. The molecule has 0 amide bonds. The van der Waals surface area contributed by atoms with E-state index >= 15 is 0 Å². The molecule has 0 N–H and O–H groups in total. The van der Waals surface area contributed by atoms with E-state index in [1.54, 1.807) is 12.1 Å². The lowest BCUT2D eigenvalue weighted by atomic mass is 10.2. The molecule has 18 heavy (non-hydrogen) atoms. The average Bonchev–Trinajstić information content (AvgIpc) is 2.34. The van der Waals surface area contributed by atoms with Gasteiger partial charge in [0, 0.05) is 5.02 Å². The molecule has 0 radical (unpaired) electrons. The Kier molecular flexibility index (Phi) is 5.95. The maximum atomic E-state index is 11.8. The van der Waals surface area contributed by atoms with Gasteiger partial charge < -0.3 is 14.2 Å². The highest BCUT2D eigenvalue weighted by atomic mass is 35.5. The Morgan fingerprint density at radius 3 is 2.67 bits per heavy atom. The minimum absolute atomic E-state index is 0.115. The predicted octanol–water partition coefficient (Wildman–Crippen LogP) is 2.93. The molecule has 0 saturated heterocycles. The van der Waals surface area contributed by atoms with Gasteiger partial charge >= 0.3 is 5.97 Å². The molecule has 0 aliphatic heterocycles. The number of halogens is 1. The second-order valence-corrected chi connectivity index (χ2v) is 4.34. The summed E-state index contributed by atoms with van der Waals surface area (Å²) in [6, 6.07) is 4.80. The molecule has 1 rings (SSSR count). The molecule has 5 heteroatoms. The average molecular weight is 273 g/mol. The summed E-state index contributed by atoms with van der Waals surface area (Å²) >= 11 is 5.83. The summed E-state index contributed by atoms with van der Waals surface area (Å²) in [5, 5.41) is 0.459. The van der Waals surface area contributed by atoms with Crippen LogP contribution in [0.1, 0.15) is 24.2 Å². The summed E-state index contributed by atoms with van der Waals surface area (Å²) in [6.07, 6.45) is 0.115. The standard InChI is InChI=1S/C13H17ClO4/c1-9(2)17-6-7-18-13(15)11-8-10(14)4-5-12(11)16-3/h4-5,8-9H,6-7H2,1-3H3. The smallest absolute Gasteiger partial charge is 0.342 e. The highest BCUT2D eigenvalue weighted by molar-refractivity contribution is 6.31. The van der Waals surface area contributed by atoms with Crippen molar-refractivity contribution in [3.8, 4) is 5.75 Å². The van der Waals surface area contributed by atoms with Crippen molar-refractivity contribution in [2.75, 3.05) is 20.3 Å². The number of hydrogen-bond acceptors (Lipinski definition) is 4. The molecular weight excluding hydrogens is 256 g/mol. The fourth-order valence-electron chi connectivity index (χ4n) is 1.34. The molecule has 0 bridgehead atoms. The van der Waals surface area contributed by atoms with Crippen LogP contribution < -0.4 is 4.74 Å². The van der Waals surface area contributed by atoms with Gasteiger partial charge in [0.05, 0.1) is 19.8 Å². The van der Waals surface area contributed by atoms with Gasteiger partial charge in [-0.1, -0.05) is 11.6 Å². The van der Waals surface area contributed by atoms with Crippen molar-refractivity contribution in [2.45, 2.75) is 20.0 Å². The molecule has 0 aromatic heterocycles. The molecule has 0 heterocycles. The molecule has 4 nitrogen and oxygen atoms in total. The first kappa shape index (κ1) is 14.8. The quantitative estimate of drug-likeness (QED) is 0.590. The molecular formula is C13H17ClO4. The van der Waals surface area contributed by atoms with Crippen molar-refractivity contribution in [2.24, 2.45) is 0 Å². The van der Waals surface area contributed by atoms with Crippen molar-refractivity contribution >= 4 is 17.6 Å². The summed E-state index contributed by atoms with van der Waals surface area (Å²) in [5.41, 5.74) is 0.314. The fraction of sp³-hybridized carbons (Fsp3) is 0.462. The van der Waals surface area contributed by atoms with Crippen LogP contribution in [-0.4, -0.2) is 32.4 Å². The van der Waals surface area contributed by atoms with Crippen molar-refractivity contribution < 1.29 is 19.0 Å². The first-order valence-corrected chi connectivity index (χ1v) is 6.04. The number of esters is 1. The number of carbonyl (C=O) groups is 1. The Labute approximate surface area is 112 Å². The Hall–Kier alpha value is -1.26. The Morgan fingerprint density at radius 2 is 2.06 bits per heavy atom. The highest BCUT2D eigenvalue weighted by Gasteiger charge is 2.14. The molecule has 0 atom stereocenters. The van der Waals surface area contributed by atoms with E-state index in [-0.39, 0.29) is 12.7 Å². The van der Waals surface area contributed by atoms with Crippen LogP contribution in [0.5, 0.6) is 5.75 Å². The first-order valence-electron chi connectivity index (χ1n) is 5.67. The zero-order valence-electron chi connectivity index (χ0n) is 10.7. The fourth-order valence-corrected chi connectivity index (χ4v) is 1.51. The molecule has 0 saturated carbocycles. The zero-order valence-corrected chi connectivity index (χ0v) is 11.5. The van der Waals surface area contributed by atoms with E-state index in [2.05, 4.69) is 0 Å². The number of methoxy groups -OCH3 is 1. The van der Waals surface area contributed by atoms with E-state index in [4.69, 9.17) is 25.8 Å². The van der Waals surface area contributed by atoms with E-state index in [0.29, 0.717) is 22.9 Å². The number of benzene rings is 1. The van der Waals surface area contributed by atoms with Crippen LogP contribution >= 0.6 is 11.6 Å². The summed E-state index contributed by atoms with van der Waals surface area (Å²) in [7, 11) is 1.49. The molecule has 0 aliphatic rings. The van der Waals surface area contributed by atoms with Gasteiger partial charge in [-0.15, -0.1) is 0 Å². The Morgan fingerprint density at radius 1 is 1.33 bits per heavy atom. The van der Waals surface area contributed by atoms with Crippen LogP contribution in [0.4, 0.5) is 0 Å². The SMILES string of the molecule is COc1ccc(Cl)cc1C(=O)OCCOC(C)C. The molecule has 0 fully saturated rings. The second kappa shape index (κ2) is 7.24. The summed E-state index contributed by atoms with van der Waals surface area (Å²) in [6.45, 7) is 4.41. The van der Waals surface area contributed by atoms with Gasteiger partial charge in [0.15, 0.2) is 0 Å². The van der Waals surface area contributed by atoms with Gasteiger partial charge in [-0.05, 0) is 32.0 Å². The lowest BCUT2D eigenvalue weighted by Crippen LogP contribution is -2.14. The first-order chi connectivity index (χ1) is 8.54. The van der Waals surface area contributed by atoms with E-state index in [1.807, 2.05) is 13.8 Å². The number of hydrogen-bond donors (Lipinski definition) is 0. The second-order valence-electron chi connectivity index (χ2n) is 3.90. The lowest BCUT2D eigenvalue weighted by molar-refractivity contribution is 0.0175. The largest absolute Gasteiger partial charge is 0.496 e. The topological polar surface area (TPSA) is 44.8 Å². The van der Waals surface area contributed by atoms with Crippen LogP contribution in [0.15, 0.2) is 18.2 Å². The number of carbonyl (C=O) groups excluding carboxylic acids is 1. The molecule has 0 unspecified atom stereocenters. The van der Waals surface area contributed by atoms with Crippen molar-refractivity contribution in [1.82, 2.24) is 0 Å². The summed E-state index contributed by atoms with van der Waals surface area (Å²) < 4.78 is 15.4. The van der Waals surface area contributed by atoms with Gasteiger partial charge in [-0.2, -0.15) is 0 Å². The predicted molar refractivity (Wildman–Crippen MR) is 69.4 cm³/mol. The van der Waals surface area contributed by atoms with Gasteiger partial charge in [0.1, 0.15) is 17.9 Å². The third-order valence-electron chi connectivity index (χ3n) is 2.15. The van der Waals surface area contributed by atoms with Gasteiger partial charge in [-0.3, -0.25) is 0 Å². The molecule has 1 aromatic carbocycles. The minimum atomic E-state index is -0.471. The monoisotopic (exact) mass is 272 g/mol. The zero-order chi connectivity index (χ0) is 13.5. The van der Waals surface area contributed by atoms with E-state index < -0.39 is 5.97 Å². The van der Waals surface area contributed by atoms with Gasteiger partial charge in [-0.25, -0.2) is 4.79 Å². The van der Waals surface area contributed by atoms with Crippen LogP contribution in [-0.2, 0) is 9.47 Å². The molecule has 100 valence electrons. The maximum Gasteiger partial charge on any atom is 0.342 e. The minimum Gasteiger partial charge on any atom is -0.496 e. The van der Waals surface area contributed by atoms with Crippen LogP contribution in [0.2, 0.25) is 5.02 Å². The highest BCUT2D eigenvalue weighted by Crippen LogP contribution is 2.23. The van der Waals surface area contributed by atoms with Crippen molar-refractivity contribution in [1.29, 1.82) is 0 Å². The van der Waals surface area contributed by atoms with E-state index in [9.17, 15) is 4.79 Å². The van der Waals surface area contributed by atoms with Crippen LogP contribution in [0, 0.1) is 0 Å². The molecule has 0 aliphatic carbocycles. The lowest BCUT2D eigenvalue weighted by Gasteiger charge is -2.10. The van der Waals surface area contributed by atoms with E-state index in [0.717, 1.165) is 0 Å². The molecule has 1 aromatic rings. The van der Waals surface area contributed by atoms with Crippen LogP contribution in [0.3, 0.4) is 0 Å². The van der Waals surface area contributed by atoms with E-state index in [1.165, 1.54) is 13.2 Å². The maximum absolute atomic E-state index is 11.8. The summed E-state index contributed by atoms with van der Waals surface area (Å²) in [4.78, 5) is 11.8.